The average Bonchev–Trinajstić information content (AvgIpc) is 3.05. The summed E-state index contributed by atoms with van der Waals surface area (Å²) in [5.74, 6) is -1.16. The molecule has 0 saturated heterocycles. The van der Waals surface area contributed by atoms with Crippen molar-refractivity contribution in [3.8, 4) is 0 Å². The van der Waals surface area contributed by atoms with Crippen LogP contribution in [0.2, 0.25) is 5.02 Å². The van der Waals surface area contributed by atoms with Gasteiger partial charge in [-0.25, -0.2) is 8.42 Å². The summed E-state index contributed by atoms with van der Waals surface area (Å²) in [5.41, 5.74) is -0.290. The lowest BCUT2D eigenvalue weighted by Crippen LogP contribution is -2.53. The third-order valence-electron chi connectivity index (χ3n) is 7.38. The molecule has 4 aromatic rings. The van der Waals surface area contributed by atoms with Crippen molar-refractivity contribution in [2.75, 3.05) is 17.4 Å². The van der Waals surface area contributed by atoms with Gasteiger partial charge in [0, 0.05) is 24.0 Å². The van der Waals surface area contributed by atoms with E-state index in [-0.39, 0.29) is 23.8 Å². The number of benzene rings is 4. The number of anilines is 1. The van der Waals surface area contributed by atoms with Crippen molar-refractivity contribution in [3.63, 3.8) is 0 Å². The SMILES string of the molecule is CC(C)CNC(=O)C(Cc1ccccc1)N(Cc1ccc(Br)cc1)C(=O)CN(c1ccc(Cl)c(C(F)(F)F)c1)S(=O)(=O)c1ccccc1. The highest BCUT2D eigenvalue weighted by atomic mass is 79.9. The van der Waals surface area contributed by atoms with Crippen molar-refractivity contribution in [3.05, 3.63) is 129 Å². The smallest absolute Gasteiger partial charge is 0.354 e. The summed E-state index contributed by atoms with van der Waals surface area (Å²) in [6, 6.07) is 24.7. The van der Waals surface area contributed by atoms with Crippen LogP contribution in [0.15, 0.2) is 112 Å². The van der Waals surface area contributed by atoms with Crippen molar-refractivity contribution >= 4 is 55.1 Å². The number of rotatable bonds is 13. The fourth-order valence-electron chi connectivity index (χ4n) is 4.90. The summed E-state index contributed by atoms with van der Waals surface area (Å²) in [4.78, 5) is 29.3. The van der Waals surface area contributed by atoms with Crippen LogP contribution in [0.3, 0.4) is 0 Å². The van der Waals surface area contributed by atoms with E-state index in [0.717, 1.165) is 22.2 Å². The summed E-state index contributed by atoms with van der Waals surface area (Å²) in [6.07, 6.45) is -4.81. The summed E-state index contributed by atoms with van der Waals surface area (Å²) in [5, 5.41) is 2.26. The minimum atomic E-state index is -4.90. The minimum absolute atomic E-state index is 0.0909. The molecule has 1 N–H and O–H groups in total. The Balaban J connectivity index is 1.85. The second-order valence-corrected chi connectivity index (χ2v) is 14.7. The van der Waals surface area contributed by atoms with Gasteiger partial charge in [0.2, 0.25) is 11.8 Å². The summed E-state index contributed by atoms with van der Waals surface area (Å²) in [6.45, 7) is 3.17. The van der Waals surface area contributed by atoms with Crippen LogP contribution in [0.4, 0.5) is 18.9 Å². The Morgan fingerprint density at radius 1 is 0.875 bits per heavy atom. The molecule has 7 nitrogen and oxygen atoms in total. The number of alkyl halides is 3. The number of hydrogen-bond acceptors (Lipinski definition) is 4. The topological polar surface area (TPSA) is 86.8 Å². The van der Waals surface area contributed by atoms with Crippen LogP contribution < -0.4 is 9.62 Å². The maximum absolute atomic E-state index is 14.5. The van der Waals surface area contributed by atoms with Gasteiger partial charge in [0.15, 0.2) is 0 Å². The Hall–Kier alpha value is -3.87. The first kappa shape index (κ1) is 37.0. The predicted octanol–water partition coefficient (Wildman–Crippen LogP) is 7.73. The van der Waals surface area contributed by atoms with E-state index >= 15 is 0 Å². The van der Waals surface area contributed by atoms with Crippen molar-refractivity contribution in [1.29, 1.82) is 0 Å². The second kappa shape index (κ2) is 16.0. The minimum Gasteiger partial charge on any atom is -0.354 e. The zero-order valence-corrected chi connectivity index (χ0v) is 29.3. The van der Waals surface area contributed by atoms with Crippen molar-refractivity contribution in [1.82, 2.24) is 10.2 Å². The number of sulfonamides is 1. The van der Waals surface area contributed by atoms with E-state index < -0.39 is 56.9 Å². The van der Waals surface area contributed by atoms with Crippen molar-refractivity contribution in [2.24, 2.45) is 5.92 Å². The molecule has 1 atom stereocenters. The Morgan fingerprint density at radius 2 is 1.48 bits per heavy atom. The molecule has 1 unspecified atom stereocenters. The van der Waals surface area contributed by atoms with E-state index in [4.69, 9.17) is 11.6 Å². The first-order valence-corrected chi connectivity index (χ1v) is 17.6. The van der Waals surface area contributed by atoms with Crippen molar-refractivity contribution in [2.45, 2.75) is 43.9 Å². The molecule has 4 rings (SSSR count). The molecule has 13 heteroatoms. The van der Waals surface area contributed by atoms with Gasteiger partial charge in [-0.15, -0.1) is 0 Å². The molecule has 4 aromatic carbocycles. The van der Waals surface area contributed by atoms with Crippen LogP contribution in [0, 0.1) is 5.92 Å². The Kier molecular flexibility index (Phi) is 12.3. The molecule has 0 aromatic heterocycles. The standard InChI is InChI=1S/C35H34BrClF3N3O4S/c1-24(2)21-41-34(45)32(19-25-9-5-3-6-10-25)42(22-26-13-15-27(36)16-14-26)33(44)23-43(48(46,47)29-11-7-4-8-12-29)28-17-18-31(37)30(20-28)35(38,39)40/h3-18,20,24,32H,19,21-23H2,1-2H3,(H,41,45). The van der Waals surface area contributed by atoms with E-state index in [1.165, 1.54) is 29.2 Å². The normalized spacial score (nSPS) is 12.4. The molecule has 0 spiro atoms. The molecule has 48 heavy (non-hydrogen) atoms. The van der Waals surface area contributed by atoms with E-state index in [0.29, 0.717) is 22.5 Å². The quantitative estimate of drug-likeness (QED) is 0.151. The molecule has 0 aliphatic heterocycles. The average molecular weight is 765 g/mol. The van der Waals surface area contributed by atoms with Gasteiger partial charge in [0.1, 0.15) is 12.6 Å². The molecular formula is C35H34BrClF3N3O4S. The Bertz CT molecular complexity index is 1810. The fourth-order valence-corrected chi connectivity index (χ4v) is 6.81. The third kappa shape index (κ3) is 9.61. The lowest BCUT2D eigenvalue weighted by atomic mass is 10.0. The maximum atomic E-state index is 14.5. The van der Waals surface area contributed by atoms with Crippen LogP contribution in [0.25, 0.3) is 0 Å². The number of nitrogens with one attached hydrogen (secondary N) is 1. The van der Waals surface area contributed by atoms with Gasteiger partial charge in [0.25, 0.3) is 10.0 Å². The van der Waals surface area contributed by atoms with Crippen LogP contribution >= 0.6 is 27.5 Å². The summed E-state index contributed by atoms with van der Waals surface area (Å²) < 4.78 is 71.3. The van der Waals surface area contributed by atoms with Crippen LogP contribution in [-0.4, -0.2) is 44.3 Å². The van der Waals surface area contributed by atoms with Gasteiger partial charge in [-0.2, -0.15) is 13.2 Å². The number of halogens is 5. The van der Waals surface area contributed by atoms with Gasteiger partial charge in [0.05, 0.1) is 21.2 Å². The Morgan fingerprint density at radius 3 is 2.06 bits per heavy atom. The highest BCUT2D eigenvalue weighted by molar-refractivity contribution is 9.10. The zero-order chi connectivity index (χ0) is 35.1. The van der Waals surface area contributed by atoms with Crippen LogP contribution in [0.1, 0.15) is 30.5 Å². The predicted molar refractivity (Wildman–Crippen MR) is 184 cm³/mol. The molecule has 0 aliphatic carbocycles. The van der Waals surface area contributed by atoms with Gasteiger partial charge in [-0.3, -0.25) is 13.9 Å². The molecule has 254 valence electrons. The lowest BCUT2D eigenvalue weighted by molar-refractivity contribution is -0.140. The first-order chi connectivity index (χ1) is 22.7. The van der Waals surface area contributed by atoms with E-state index in [1.807, 2.05) is 32.0 Å². The van der Waals surface area contributed by atoms with E-state index in [1.54, 1.807) is 42.5 Å². The van der Waals surface area contributed by atoms with Gasteiger partial charge in [-0.05, 0) is 59.5 Å². The molecule has 2 amide bonds. The largest absolute Gasteiger partial charge is 0.417 e. The zero-order valence-electron chi connectivity index (χ0n) is 26.1. The molecule has 0 radical (unpaired) electrons. The number of carbonyl (C=O) groups excluding carboxylic acids is 2. The van der Waals surface area contributed by atoms with Gasteiger partial charge >= 0.3 is 6.18 Å². The molecule has 0 aliphatic rings. The third-order valence-corrected chi connectivity index (χ3v) is 10.0. The monoisotopic (exact) mass is 763 g/mol. The van der Waals surface area contributed by atoms with Crippen LogP contribution in [-0.2, 0) is 38.8 Å². The highest BCUT2D eigenvalue weighted by Crippen LogP contribution is 2.38. The molecule has 0 heterocycles. The molecule has 0 bridgehead atoms. The molecule has 0 fully saturated rings. The molecular weight excluding hydrogens is 731 g/mol. The van der Waals surface area contributed by atoms with E-state index in [9.17, 15) is 31.2 Å². The molecule has 0 saturated carbocycles. The van der Waals surface area contributed by atoms with E-state index in [2.05, 4.69) is 21.2 Å². The lowest BCUT2D eigenvalue weighted by Gasteiger charge is -2.34. The first-order valence-electron chi connectivity index (χ1n) is 15.0. The van der Waals surface area contributed by atoms with Crippen molar-refractivity contribution < 1.29 is 31.2 Å². The second-order valence-electron chi connectivity index (χ2n) is 11.5. The number of hydrogen-bond donors (Lipinski definition) is 1. The fraction of sp³-hybridized carbons (Fsp3) is 0.257. The van der Waals surface area contributed by atoms with Gasteiger partial charge in [-0.1, -0.05) is 102 Å². The summed E-state index contributed by atoms with van der Waals surface area (Å²) >= 11 is 9.26. The Labute approximate surface area is 291 Å². The number of amides is 2. The highest BCUT2D eigenvalue weighted by Gasteiger charge is 2.37. The maximum Gasteiger partial charge on any atom is 0.417 e. The number of nitrogens with zero attached hydrogens (tertiary/aromatic N) is 2. The van der Waals surface area contributed by atoms with Crippen LogP contribution in [0.5, 0.6) is 0 Å². The van der Waals surface area contributed by atoms with Gasteiger partial charge < -0.3 is 10.2 Å². The number of carbonyl (C=O) groups is 2. The summed E-state index contributed by atoms with van der Waals surface area (Å²) in [7, 11) is -4.59.